The predicted octanol–water partition coefficient (Wildman–Crippen LogP) is 1.26. The summed E-state index contributed by atoms with van der Waals surface area (Å²) in [6, 6.07) is 10.3. The van der Waals surface area contributed by atoms with Gasteiger partial charge >= 0.3 is 5.97 Å². The van der Waals surface area contributed by atoms with Crippen LogP contribution in [0.5, 0.6) is 0 Å². The van der Waals surface area contributed by atoms with Crippen LogP contribution in [0.25, 0.3) is 0 Å². The van der Waals surface area contributed by atoms with Gasteiger partial charge < -0.3 is 25.1 Å². The van der Waals surface area contributed by atoms with Crippen LogP contribution in [0.15, 0.2) is 47.1 Å². The van der Waals surface area contributed by atoms with Crippen LogP contribution in [0, 0.1) is 0 Å². The van der Waals surface area contributed by atoms with E-state index in [1.165, 1.54) is 19.3 Å². The molecule has 0 saturated carbocycles. The molecular formula is C20H23N3O6. The maximum Gasteiger partial charge on any atom is 0.326 e. The van der Waals surface area contributed by atoms with Crippen LogP contribution in [-0.2, 0) is 25.5 Å². The highest BCUT2D eigenvalue weighted by Crippen LogP contribution is 2.10. The molecule has 3 N–H and O–H groups in total. The first kappa shape index (κ1) is 21.7. The van der Waals surface area contributed by atoms with Crippen LogP contribution >= 0.6 is 0 Å². The Labute approximate surface area is 167 Å². The number of aryl methyl sites for hydroxylation is 1. The Morgan fingerprint density at radius 2 is 1.76 bits per heavy atom. The molecule has 2 rings (SSSR count). The van der Waals surface area contributed by atoms with E-state index < -0.39 is 36.3 Å². The molecule has 0 spiro atoms. The van der Waals surface area contributed by atoms with Gasteiger partial charge in [-0.2, -0.15) is 0 Å². The lowest BCUT2D eigenvalue weighted by Crippen LogP contribution is -2.40. The Balaban J connectivity index is 1.68. The van der Waals surface area contributed by atoms with Crippen LogP contribution in [0.2, 0.25) is 0 Å². The Morgan fingerprint density at radius 3 is 2.38 bits per heavy atom. The number of esters is 1. The second-order valence-electron chi connectivity index (χ2n) is 6.11. The molecule has 0 radical (unpaired) electrons. The number of carbonyl (C=O) groups is 4. The summed E-state index contributed by atoms with van der Waals surface area (Å²) < 4.78 is 9.89. The summed E-state index contributed by atoms with van der Waals surface area (Å²) in [6.45, 7) is 2.69. The van der Waals surface area contributed by atoms with Crippen molar-refractivity contribution in [3.8, 4) is 0 Å². The number of rotatable bonds is 9. The van der Waals surface area contributed by atoms with Crippen LogP contribution in [0.4, 0.5) is 5.69 Å². The largest absolute Gasteiger partial charge is 0.459 e. The van der Waals surface area contributed by atoms with Crippen molar-refractivity contribution >= 4 is 29.4 Å². The van der Waals surface area contributed by atoms with E-state index in [1.54, 1.807) is 18.2 Å². The smallest absolute Gasteiger partial charge is 0.326 e. The second-order valence-corrected chi connectivity index (χ2v) is 6.11. The van der Waals surface area contributed by atoms with E-state index in [9.17, 15) is 19.2 Å². The van der Waals surface area contributed by atoms with E-state index in [2.05, 4.69) is 16.0 Å². The van der Waals surface area contributed by atoms with Crippen molar-refractivity contribution in [1.82, 2.24) is 10.6 Å². The lowest BCUT2D eigenvalue weighted by atomic mass is 10.1. The first-order valence-electron chi connectivity index (χ1n) is 9.06. The number of nitrogens with one attached hydrogen (secondary N) is 3. The lowest BCUT2D eigenvalue weighted by Gasteiger charge is -2.14. The van der Waals surface area contributed by atoms with Crippen molar-refractivity contribution in [3.63, 3.8) is 0 Å². The highest BCUT2D eigenvalue weighted by molar-refractivity contribution is 5.96. The van der Waals surface area contributed by atoms with Gasteiger partial charge in [-0.3, -0.25) is 19.2 Å². The summed E-state index contributed by atoms with van der Waals surface area (Å²) in [7, 11) is 0. The first-order valence-corrected chi connectivity index (χ1v) is 9.06. The SMILES string of the molecule is CCc1ccc(NC(=O)[C@H](C)OC(=O)CNC(=O)CNC(=O)c2ccco2)cc1. The topological polar surface area (TPSA) is 127 Å². The molecule has 1 heterocycles. The molecule has 3 amide bonds. The maximum absolute atomic E-state index is 12.1. The second kappa shape index (κ2) is 10.6. The summed E-state index contributed by atoms with van der Waals surface area (Å²) in [6.07, 6.45) is 1.19. The molecule has 29 heavy (non-hydrogen) atoms. The van der Waals surface area contributed by atoms with Gasteiger partial charge in [-0.05, 0) is 43.2 Å². The zero-order valence-electron chi connectivity index (χ0n) is 16.2. The lowest BCUT2D eigenvalue weighted by molar-refractivity contribution is -0.152. The average molecular weight is 401 g/mol. The van der Waals surface area contributed by atoms with Crippen LogP contribution in [0.1, 0.15) is 30.0 Å². The number of hydrogen-bond donors (Lipinski definition) is 3. The van der Waals surface area contributed by atoms with Crippen LogP contribution < -0.4 is 16.0 Å². The number of hydrogen-bond acceptors (Lipinski definition) is 6. The molecule has 1 aromatic carbocycles. The summed E-state index contributed by atoms with van der Waals surface area (Å²) in [5, 5.41) is 7.29. The first-order chi connectivity index (χ1) is 13.9. The minimum absolute atomic E-state index is 0.0707. The number of ether oxygens (including phenoxy) is 1. The quantitative estimate of drug-likeness (QED) is 0.543. The predicted molar refractivity (Wildman–Crippen MR) is 104 cm³/mol. The molecule has 0 aliphatic carbocycles. The van der Waals surface area contributed by atoms with E-state index >= 15 is 0 Å². The Hall–Kier alpha value is -3.62. The molecule has 0 bridgehead atoms. The van der Waals surface area contributed by atoms with Crippen molar-refractivity contribution in [1.29, 1.82) is 0 Å². The molecule has 9 heteroatoms. The number of carbonyl (C=O) groups excluding carboxylic acids is 4. The Morgan fingerprint density at radius 1 is 1.03 bits per heavy atom. The standard InChI is InChI=1S/C20H23N3O6/c1-3-14-6-8-15(9-7-14)23-19(26)13(2)29-18(25)12-21-17(24)11-22-20(27)16-5-4-10-28-16/h4-10,13H,3,11-12H2,1-2H3,(H,21,24)(H,22,27)(H,23,26)/t13-/m0/s1. The third kappa shape index (κ3) is 7.13. The zero-order chi connectivity index (χ0) is 21.2. The van der Waals surface area contributed by atoms with E-state index in [4.69, 9.17) is 9.15 Å². The minimum atomic E-state index is -1.04. The van der Waals surface area contributed by atoms with Gasteiger partial charge in [0.15, 0.2) is 11.9 Å². The van der Waals surface area contributed by atoms with Gasteiger partial charge in [-0.25, -0.2) is 0 Å². The maximum atomic E-state index is 12.1. The van der Waals surface area contributed by atoms with Crippen LogP contribution in [0.3, 0.4) is 0 Å². The van der Waals surface area contributed by atoms with Crippen molar-refractivity contribution in [2.75, 3.05) is 18.4 Å². The molecule has 0 aliphatic rings. The molecular weight excluding hydrogens is 378 g/mol. The van der Waals surface area contributed by atoms with Crippen LogP contribution in [-0.4, -0.2) is 42.9 Å². The van der Waals surface area contributed by atoms with Gasteiger partial charge in [-0.1, -0.05) is 19.1 Å². The summed E-state index contributed by atoms with van der Waals surface area (Å²) in [5.41, 5.74) is 1.73. The molecule has 1 aromatic heterocycles. The van der Waals surface area contributed by atoms with E-state index in [1.807, 2.05) is 19.1 Å². The molecule has 0 aliphatic heterocycles. The zero-order valence-corrected chi connectivity index (χ0v) is 16.2. The fourth-order valence-corrected chi connectivity index (χ4v) is 2.25. The summed E-state index contributed by atoms with van der Waals surface area (Å²) >= 11 is 0. The third-order valence-electron chi connectivity index (χ3n) is 3.89. The molecule has 1 atom stereocenters. The van der Waals surface area contributed by atoms with Gasteiger partial charge in [0.1, 0.15) is 6.54 Å². The molecule has 0 fully saturated rings. The fraction of sp³-hybridized carbons (Fsp3) is 0.300. The highest BCUT2D eigenvalue weighted by Gasteiger charge is 2.18. The van der Waals surface area contributed by atoms with Crippen molar-refractivity contribution in [2.45, 2.75) is 26.4 Å². The molecule has 0 unspecified atom stereocenters. The Bertz CT molecular complexity index is 846. The Kier molecular flexibility index (Phi) is 7.96. The third-order valence-corrected chi connectivity index (χ3v) is 3.89. The molecule has 9 nitrogen and oxygen atoms in total. The number of furan rings is 1. The minimum Gasteiger partial charge on any atom is -0.459 e. The van der Waals surface area contributed by atoms with Gasteiger partial charge in [0.2, 0.25) is 5.91 Å². The monoisotopic (exact) mass is 401 g/mol. The number of benzene rings is 1. The van der Waals surface area contributed by atoms with Crippen molar-refractivity contribution < 1.29 is 28.3 Å². The fourth-order valence-electron chi connectivity index (χ4n) is 2.25. The molecule has 2 aromatic rings. The van der Waals surface area contributed by atoms with Gasteiger partial charge in [0.05, 0.1) is 12.8 Å². The van der Waals surface area contributed by atoms with Gasteiger partial charge in [-0.15, -0.1) is 0 Å². The average Bonchev–Trinajstić information content (AvgIpc) is 3.26. The normalized spacial score (nSPS) is 11.2. The van der Waals surface area contributed by atoms with Gasteiger partial charge in [0, 0.05) is 5.69 Å². The van der Waals surface area contributed by atoms with E-state index in [-0.39, 0.29) is 12.3 Å². The number of amides is 3. The van der Waals surface area contributed by atoms with Crippen molar-refractivity contribution in [2.24, 2.45) is 0 Å². The summed E-state index contributed by atoms with van der Waals surface area (Å²) in [4.78, 5) is 47.2. The van der Waals surface area contributed by atoms with E-state index in [0.29, 0.717) is 5.69 Å². The van der Waals surface area contributed by atoms with E-state index in [0.717, 1.165) is 12.0 Å². The van der Waals surface area contributed by atoms with Gasteiger partial charge in [0.25, 0.3) is 11.8 Å². The number of anilines is 1. The molecule has 154 valence electrons. The van der Waals surface area contributed by atoms with Crippen molar-refractivity contribution in [3.05, 3.63) is 54.0 Å². The summed E-state index contributed by atoms with van der Waals surface area (Å²) in [5.74, 6) is -2.33. The highest BCUT2D eigenvalue weighted by atomic mass is 16.5. The molecule has 0 saturated heterocycles.